The number of piperidine rings is 1. The molecule has 0 radical (unpaired) electrons. The number of likely N-dealkylation sites (tertiary alicyclic amines) is 1. The smallest absolute Gasteiger partial charge is 0.227 e. The van der Waals surface area contributed by atoms with E-state index in [2.05, 4.69) is 10.6 Å². The minimum Gasteiger partial charge on any atom is -0.355 e. The fourth-order valence-electron chi connectivity index (χ4n) is 3.28. The topological polar surface area (TPSA) is 78.5 Å². The van der Waals surface area contributed by atoms with Crippen molar-refractivity contribution in [1.82, 2.24) is 10.2 Å². The van der Waals surface area contributed by atoms with E-state index in [0.29, 0.717) is 13.1 Å². The molecule has 1 aliphatic heterocycles. The highest BCUT2D eigenvalue weighted by molar-refractivity contribution is 5.88. The van der Waals surface area contributed by atoms with Gasteiger partial charge in [-0.3, -0.25) is 14.4 Å². The first-order valence-electron chi connectivity index (χ1n) is 9.60. The van der Waals surface area contributed by atoms with Gasteiger partial charge in [0.15, 0.2) is 0 Å². The van der Waals surface area contributed by atoms with Crippen LogP contribution >= 0.6 is 0 Å². The van der Waals surface area contributed by atoms with Crippen LogP contribution < -0.4 is 10.6 Å². The molecule has 1 aliphatic rings. The van der Waals surface area contributed by atoms with Gasteiger partial charge in [-0.1, -0.05) is 32.9 Å². The molecule has 3 amide bonds. The summed E-state index contributed by atoms with van der Waals surface area (Å²) in [5.74, 6) is -0.0933. The van der Waals surface area contributed by atoms with Crippen LogP contribution in [-0.4, -0.2) is 42.3 Å². The molecule has 1 aromatic rings. The second kappa shape index (κ2) is 9.02. The Hall–Kier alpha value is -2.37. The molecule has 2 N–H and O–H groups in total. The van der Waals surface area contributed by atoms with E-state index in [0.717, 1.165) is 37.1 Å². The van der Waals surface area contributed by atoms with Crippen LogP contribution in [0.3, 0.4) is 0 Å². The summed E-state index contributed by atoms with van der Waals surface area (Å²) in [5, 5.41) is 5.73. The Labute approximate surface area is 161 Å². The van der Waals surface area contributed by atoms with E-state index in [1.807, 2.05) is 49.9 Å². The molecule has 0 aromatic heterocycles. The van der Waals surface area contributed by atoms with Gasteiger partial charge in [-0.2, -0.15) is 0 Å². The number of hydrogen-bond donors (Lipinski definition) is 2. The van der Waals surface area contributed by atoms with E-state index < -0.39 is 5.41 Å². The van der Waals surface area contributed by atoms with E-state index in [4.69, 9.17) is 0 Å². The van der Waals surface area contributed by atoms with Crippen LogP contribution in [0.1, 0.15) is 46.1 Å². The number of anilines is 1. The highest BCUT2D eigenvalue weighted by atomic mass is 16.2. The number of benzene rings is 1. The molecule has 1 fully saturated rings. The summed E-state index contributed by atoms with van der Waals surface area (Å²) in [6, 6.07) is 7.61. The van der Waals surface area contributed by atoms with E-state index in [9.17, 15) is 14.4 Å². The second-order valence-electron chi connectivity index (χ2n) is 8.26. The largest absolute Gasteiger partial charge is 0.355 e. The normalized spacial score (nSPS) is 17.3. The zero-order valence-corrected chi connectivity index (χ0v) is 16.8. The number of nitrogens with zero attached hydrogens (tertiary/aromatic N) is 1. The Kier molecular flexibility index (Phi) is 6.99. The van der Waals surface area contributed by atoms with Crippen molar-refractivity contribution in [2.75, 3.05) is 25.0 Å². The first-order chi connectivity index (χ1) is 12.7. The highest BCUT2D eigenvalue weighted by Crippen LogP contribution is 2.23. The number of rotatable bonds is 5. The Morgan fingerprint density at radius 1 is 1.15 bits per heavy atom. The second-order valence-corrected chi connectivity index (χ2v) is 8.26. The lowest BCUT2D eigenvalue weighted by atomic mass is 9.91. The van der Waals surface area contributed by atoms with Crippen molar-refractivity contribution in [3.05, 3.63) is 29.8 Å². The van der Waals surface area contributed by atoms with E-state index in [1.165, 1.54) is 6.92 Å². The fraction of sp³-hybridized carbons (Fsp3) is 0.571. The number of carbonyl (C=O) groups is 3. The third-order valence-corrected chi connectivity index (χ3v) is 4.71. The zero-order chi connectivity index (χ0) is 20.0. The van der Waals surface area contributed by atoms with Crippen molar-refractivity contribution in [3.63, 3.8) is 0 Å². The molecule has 6 nitrogen and oxygen atoms in total. The molecule has 0 aliphatic carbocycles. The Bertz CT molecular complexity index is 677. The van der Waals surface area contributed by atoms with Crippen molar-refractivity contribution in [1.29, 1.82) is 0 Å². The van der Waals surface area contributed by atoms with Crippen LogP contribution in [0.5, 0.6) is 0 Å². The van der Waals surface area contributed by atoms with Crippen LogP contribution in [0.25, 0.3) is 0 Å². The van der Waals surface area contributed by atoms with Gasteiger partial charge in [-0.15, -0.1) is 0 Å². The van der Waals surface area contributed by atoms with Gasteiger partial charge < -0.3 is 15.5 Å². The van der Waals surface area contributed by atoms with Crippen LogP contribution in [-0.2, 0) is 20.8 Å². The molecule has 1 unspecified atom stereocenters. The van der Waals surface area contributed by atoms with Gasteiger partial charge in [-0.05, 0) is 37.0 Å². The summed E-state index contributed by atoms with van der Waals surface area (Å²) < 4.78 is 0. The van der Waals surface area contributed by atoms with Gasteiger partial charge in [0.25, 0.3) is 0 Å². The van der Waals surface area contributed by atoms with Crippen molar-refractivity contribution in [2.45, 2.75) is 47.0 Å². The van der Waals surface area contributed by atoms with Gasteiger partial charge in [0.2, 0.25) is 17.7 Å². The third-order valence-electron chi connectivity index (χ3n) is 4.71. The van der Waals surface area contributed by atoms with Gasteiger partial charge in [0.05, 0.1) is 5.92 Å². The monoisotopic (exact) mass is 373 g/mol. The predicted molar refractivity (Wildman–Crippen MR) is 106 cm³/mol. The molecule has 1 heterocycles. The summed E-state index contributed by atoms with van der Waals surface area (Å²) in [6.07, 6.45) is 2.42. The molecule has 1 aromatic carbocycles. The Morgan fingerprint density at radius 3 is 2.41 bits per heavy atom. The molecule has 148 valence electrons. The summed E-state index contributed by atoms with van der Waals surface area (Å²) in [5.41, 5.74) is 1.44. The van der Waals surface area contributed by atoms with Gasteiger partial charge in [0, 0.05) is 37.7 Å². The number of nitrogens with one attached hydrogen (secondary N) is 2. The molecular formula is C21H31N3O3. The van der Waals surface area contributed by atoms with Crippen molar-refractivity contribution in [3.8, 4) is 0 Å². The van der Waals surface area contributed by atoms with Gasteiger partial charge in [-0.25, -0.2) is 0 Å². The first kappa shape index (κ1) is 20.9. The molecule has 0 bridgehead atoms. The molecule has 27 heavy (non-hydrogen) atoms. The lowest BCUT2D eigenvalue weighted by Gasteiger charge is -2.35. The average molecular weight is 373 g/mol. The predicted octanol–water partition coefficient (Wildman–Crippen LogP) is 2.59. The van der Waals surface area contributed by atoms with E-state index >= 15 is 0 Å². The summed E-state index contributed by atoms with van der Waals surface area (Å²) >= 11 is 0. The Morgan fingerprint density at radius 2 is 1.81 bits per heavy atom. The lowest BCUT2D eigenvalue weighted by molar-refractivity contribution is -0.142. The molecular weight excluding hydrogens is 342 g/mol. The van der Waals surface area contributed by atoms with Crippen molar-refractivity contribution < 1.29 is 14.4 Å². The number of amides is 3. The molecule has 6 heteroatoms. The lowest BCUT2D eigenvalue weighted by Crippen LogP contribution is -2.48. The molecule has 0 spiro atoms. The summed E-state index contributed by atoms with van der Waals surface area (Å²) in [4.78, 5) is 37.8. The molecule has 0 saturated carbocycles. The zero-order valence-electron chi connectivity index (χ0n) is 16.8. The van der Waals surface area contributed by atoms with E-state index in [-0.39, 0.29) is 23.6 Å². The van der Waals surface area contributed by atoms with Crippen LogP contribution in [0.4, 0.5) is 5.69 Å². The fourth-order valence-corrected chi connectivity index (χ4v) is 3.28. The first-order valence-corrected chi connectivity index (χ1v) is 9.60. The maximum Gasteiger partial charge on any atom is 0.227 e. The maximum absolute atomic E-state index is 12.5. The van der Waals surface area contributed by atoms with Gasteiger partial charge in [0.1, 0.15) is 0 Å². The molecule has 1 saturated heterocycles. The number of hydrogen-bond acceptors (Lipinski definition) is 3. The summed E-state index contributed by atoms with van der Waals surface area (Å²) in [6.45, 7) is 9.02. The minimum absolute atomic E-state index is 0.0243. The van der Waals surface area contributed by atoms with Crippen molar-refractivity contribution >= 4 is 23.4 Å². The highest BCUT2D eigenvalue weighted by Gasteiger charge is 2.33. The standard InChI is InChI=1S/C21H31N3O3/c1-15(25)23-18-9-7-16(8-10-18)11-12-22-19(26)17-6-5-13-24(14-17)20(27)21(2,3)4/h7-10,17H,5-6,11-14H2,1-4H3,(H,22,26)(H,23,25). The van der Waals surface area contributed by atoms with E-state index in [1.54, 1.807) is 0 Å². The quantitative estimate of drug-likeness (QED) is 0.833. The number of carbonyl (C=O) groups excluding carboxylic acids is 3. The minimum atomic E-state index is -0.415. The Balaban J connectivity index is 1.79. The average Bonchev–Trinajstić information content (AvgIpc) is 2.61. The van der Waals surface area contributed by atoms with Gasteiger partial charge >= 0.3 is 0 Å². The SMILES string of the molecule is CC(=O)Nc1ccc(CCNC(=O)C2CCCN(C(=O)C(C)(C)C)C2)cc1. The molecule has 1 atom stereocenters. The summed E-state index contributed by atoms with van der Waals surface area (Å²) in [7, 11) is 0. The third kappa shape index (κ3) is 6.38. The van der Waals surface area contributed by atoms with Crippen LogP contribution in [0, 0.1) is 11.3 Å². The van der Waals surface area contributed by atoms with Crippen LogP contribution in [0.2, 0.25) is 0 Å². The van der Waals surface area contributed by atoms with Crippen molar-refractivity contribution in [2.24, 2.45) is 11.3 Å². The van der Waals surface area contributed by atoms with Crippen LogP contribution in [0.15, 0.2) is 24.3 Å². The maximum atomic E-state index is 12.5. The molecule has 2 rings (SSSR count).